The Kier molecular flexibility index (Phi) is 17.3. The van der Waals surface area contributed by atoms with E-state index < -0.39 is 94.2 Å². The number of hydrogen-bond donors (Lipinski definition) is 8. The second-order valence-electron chi connectivity index (χ2n) is 11.0. The number of carbonyl (C=O) groups excluding carboxylic acids is 2. The standard InChI is InChI=1S/C25H48N2O15/c1-17-24(41-15-19(33)11-27(4-8-30,5-9-31)13-22(36)37)23(38)20(42-25(17)39)16-40-14-18(32)10-26(2-6-28,3-7-29)12-21(34)35/h17-20,23-25,28-33,38-39H,2-16H2,1H3. The molecular weight excluding hydrogens is 568 g/mol. The number of carbonyl (C=O) groups is 2. The maximum atomic E-state index is 11.3. The molecule has 7 unspecified atom stereocenters. The molecule has 0 bridgehead atoms. The highest BCUT2D eigenvalue weighted by molar-refractivity contribution is 5.65. The van der Waals surface area contributed by atoms with Crippen LogP contribution in [0.4, 0.5) is 0 Å². The number of rotatable bonds is 23. The van der Waals surface area contributed by atoms with Gasteiger partial charge in [0.1, 0.15) is 76.8 Å². The van der Waals surface area contributed by atoms with Crippen LogP contribution in [0.5, 0.6) is 0 Å². The van der Waals surface area contributed by atoms with Gasteiger partial charge < -0.3 is 83.8 Å². The zero-order valence-electron chi connectivity index (χ0n) is 24.0. The number of ether oxygens (including phenoxy) is 3. The third-order valence-electron chi connectivity index (χ3n) is 7.50. The molecule has 1 rings (SSSR count). The van der Waals surface area contributed by atoms with Crippen molar-refractivity contribution in [2.75, 3.05) is 98.6 Å². The molecule has 0 radical (unpaired) electrons. The van der Waals surface area contributed by atoms with E-state index in [1.54, 1.807) is 0 Å². The summed E-state index contributed by atoms with van der Waals surface area (Å²) >= 11 is 0. The summed E-state index contributed by atoms with van der Waals surface area (Å²) in [5, 5.41) is 102. The second kappa shape index (κ2) is 18.9. The van der Waals surface area contributed by atoms with Crippen LogP contribution in [-0.2, 0) is 23.8 Å². The van der Waals surface area contributed by atoms with Crippen LogP contribution >= 0.6 is 0 Å². The van der Waals surface area contributed by atoms with E-state index in [1.165, 1.54) is 6.92 Å². The highest BCUT2D eigenvalue weighted by Gasteiger charge is 2.44. The fourth-order valence-corrected chi connectivity index (χ4v) is 5.43. The lowest BCUT2D eigenvalue weighted by Crippen LogP contribution is -2.61. The maximum Gasteiger partial charge on any atom is 0.160 e. The van der Waals surface area contributed by atoms with Crippen molar-refractivity contribution < 1.29 is 83.8 Å². The zero-order valence-corrected chi connectivity index (χ0v) is 24.0. The van der Waals surface area contributed by atoms with Gasteiger partial charge in [0.2, 0.25) is 0 Å². The minimum Gasteiger partial charge on any atom is -0.544 e. The van der Waals surface area contributed by atoms with E-state index in [0.29, 0.717) is 0 Å². The van der Waals surface area contributed by atoms with Gasteiger partial charge in [-0.3, -0.25) is 0 Å². The molecule has 1 heterocycles. The van der Waals surface area contributed by atoms with Crippen molar-refractivity contribution in [3.05, 3.63) is 0 Å². The van der Waals surface area contributed by atoms with Gasteiger partial charge in [-0.05, 0) is 0 Å². The lowest BCUT2D eigenvalue weighted by molar-refractivity contribution is -0.926. The molecule has 1 saturated heterocycles. The van der Waals surface area contributed by atoms with Crippen LogP contribution in [0.1, 0.15) is 6.92 Å². The molecule has 17 nitrogen and oxygen atoms in total. The molecule has 1 fully saturated rings. The predicted molar refractivity (Wildman–Crippen MR) is 136 cm³/mol. The van der Waals surface area contributed by atoms with Gasteiger partial charge in [0.05, 0.1) is 64.3 Å². The number of aliphatic carboxylic acids is 2. The first kappa shape index (κ1) is 38.4. The molecule has 0 amide bonds. The Bertz CT molecular complexity index is 779. The molecule has 0 aromatic rings. The lowest BCUT2D eigenvalue weighted by Gasteiger charge is -2.43. The fourth-order valence-electron chi connectivity index (χ4n) is 5.43. The van der Waals surface area contributed by atoms with Crippen molar-refractivity contribution >= 4 is 11.9 Å². The fraction of sp³-hybridized carbons (Fsp3) is 0.920. The number of aliphatic hydroxyl groups is 8. The van der Waals surface area contributed by atoms with Gasteiger partial charge in [0, 0.05) is 5.92 Å². The summed E-state index contributed by atoms with van der Waals surface area (Å²) in [6, 6.07) is 0. The van der Waals surface area contributed by atoms with Crippen molar-refractivity contribution in [1.29, 1.82) is 0 Å². The van der Waals surface area contributed by atoms with E-state index in [9.17, 15) is 60.7 Å². The summed E-state index contributed by atoms with van der Waals surface area (Å²) in [7, 11) is 0. The molecule has 17 heteroatoms. The Morgan fingerprint density at radius 1 is 0.810 bits per heavy atom. The highest BCUT2D eigenvalue weighted by Crippen LogP contribution is 2.28. The zero-order chi connectivity index (χ0) is 31.9. The maximum absolute atomic E-state index is 11.3. The number of nitrogens with zero attached hydrogens (tertiary/aromatic N) is 2. The lowest BCUT2D eigenvalue weighted by atomic mass is 9.92. The van der Waals surface area contributed by atoms with Crippen molar-refractivity contribution in [3.63, 3.8) is 0 Å². The average molecular weight is 617 g/mol. The van der Waals surface area contributed by atoms with Gasteiger partial charge in [-0.15, -0.1) is 0 Å². The molecule has 248 valence electrons. The monoisotopic (exact) mass is 616 g/mol. The molecule has 0 aliphatic carbocycles. The summed E-state index contributed by atoms with van der Waals surface area (Å²) in [6.45, 7) is -2.85. The van der Waals surface area contributed by atoms with Crippen molar-refractivity contribution in [3.8, 4) is 0 Å². The van der Waals surface area contributed by atoms with Crippen LogP contribution < -0.4 is 10.2 Å². The molecule has 0 saturated carbocycles. The van der Waals surface area contributed by atoms with E-state index in [2.05, 4.69) is 0 Å². The topological polar surface area (TPSA) is 270 Å². The third kappa shape index (κ3) is 12.6. The summed E-state index contributed by atoms with van der Waals surface area (Å²) in [6.07, 6.45) is -7.44. The summed E-state index contributed by atoms with van der Waals surface area (Å²) < 4.78 is 15.9. The smallest absolute Gasteiger partial charge is 0.160 e. The first-order valence-corrected chi connectivity index (χ1v) is 13.9. The molecule has 7 atom stereocenters. The molecule has 0 spiro atoms. The molecular formula is C25H48N2O15. The van der Waals surface area contributed by atoms with Crippen LogP contribution in [0.3, 0.4) is 0 Å². The molecule has 1 aliphatic rings. The minimum absolute atomic E-state index is 0.0573. The van der Waals surface area contributed by atoms with E-state index >= 15 is 0 Å². The highest BCUT2D eigenvalue weighted by atomic mass is 16.6. The first-order chi connectivity index (χ1) is 19.8. The molecule has 42 heavy (non-hydrogen) atoms. The molecule has 0 aromatic heterocycles. The number of quaternary nitrogens is 2. The van der Waals surface area contributed by atoms with Crippen LogP contribution in [-0.4, -0.2) is 197 Å². The number of carboxylic acid groups (broad SMARTS) is 2. The van der Waals surface area contributed by atoms with E-state index in [1.807, 2.05) is 0 Å². The SMILES string of the molecule is CC1C(O)OC(COCC(O)C[N+](CCO)(CCO)CC(=O)[O-])C(O)C1OCC(O)C[N+](CCO)(CCO)CC(=O)[O-]. The van der Waals surface area contributed by atoms with Gasteiger partial charge in [-0.2, -0.15) is 0 Å². The number of aliphatic hydroxyl groups excluding tert-OH is 8. The number of hydrogen-bond acceptors (Lipinski definition) is 15. The summed E-state index contributed by atoms with van der Waals surface area (Å²) in [5.74, 6) is -3.61. The third-order valence-corrected chi connectivity index (χ3v) is 7.50. The quantitative estimate of drug-likeness (QED) is 0.0495. The van der Waals surface area contributed by atoms with E-state index in [-0.39, 0.29) is 68.1 Å². The minimum atomic E-state index is -1.43. The summed E-state index contributed by atoms with van der Waals surface area (Å²) in [4.78, 5) is 22.5. The average Bonchev–Trinajstić information content (AvgIpc) is 2.86. The number of carboxylic acids is 2. The van der Waals surface area contributed by atoms with E-state index in [0.717, 1.165) is 0 Å². The van der Waals surface area contributed by atoms with Gasteiger partial charge in [-0.25, -0.2) is 0 Å². The van der Waals surface area contributed by atoms with Gasteiger partial charge in [0.25, 0.3) is 0 Å². The summed E-state index contributed by atoms with van der Waals surface area (Å²) in [5.41, 5.74) is 0. The van der Waals surface area contributed by atoms with Crippen LogP contribution in [0.2, 0.25) is 0 Å². The van der Waals surface area contributed by atoms with Gasteiger partial charge in [0.15, 0.2) is 6.29 Å². The van der Waals surface area contributed by atoms with Gasteiger partial charge >= 0.3 is 0 Å². The second-order valence-corrected chi connectivity index (χ2v) is 11.0. The molecule has 1 aliphatic heterocycles. The molecule has 8 N–H and O–H groups in total. The van der Waals surface area contributed by atoms with Crippen molar-refractivity contribution in [2.24, 2.45) is 5.92 Å². The van der Waals surface area contributed by atoms with E-state index in [4.69, 9.17) is 14.2 Å². The molecule has 0 aromatic carbocycles. The largest absolute Gasteiger partial charge is 0.544 e. The van der Waals surface area contributed by atoms with Crippen molar-refractivity contribution in [1.82, 2.24) is 0 Å². The van der Waals surface area contributed by atoms with Crippen molar-refractivity contribution in [2.45, 2.75) is 43.7 Å². The Labute approximate surface area is 244 Å². The van der Waals surface area contributed by atoms with Crippen LogP contribution in [0, 0.1) is 5.92 Å². The predicted octanol–water partition coefficient (Wildman–Crippen LogP) is -8.07. The van der Waals surface area contributed by atoms with Crippen LogP contribution in [0.25, 0.3) is 0 Å². The Morgan fingerprint density at radius 2 is 1.24 bits per heavy atom. The van der Waals surface area contributed by atoms with Gasteiger partial charge in [-0.1, -0.05) is 6.92 Å². The Balaban J connectivity index is 2.78. The first-order valence-electron chi connectivity index (χ1n) is 13.9. The van der Waals surface area contributed by atoms with Crippen LogP contribution in [0.15, 0.2) is 0 Å². The Hall–Kier alpha value is -1.58. The Morgan fingerprint density at radius 3 is 1.64 bits per heavy atom. The normalized spacial score (nSPS) is 24.8.